The molecular formula is C47H48O9S. The Hall–Kier alpha value is -4.71. The predicted molar refractivity (Wildman–Crippen MR) is 214 cm³/mol. The summed E-state index contributed by atoms with van der Waals surface area (Å²) < 4.78 is 44.2. The highest BCUT2D eigenvalue weighted by atomic mass is 32.2. The number of rotatable bonds is 11. The van der Waals surface area contributed by atoms with Crippen molar-refractivity contribution in [3.63, 3.8) is 0 Å². The number of ether oxygens (including phenoxy) is 2. The summed E-state index contributed by atoms with van der Waals surface area (Å²) in [6, 6.07) is 38.1. The molecule has 0 radical (unpaired) electrons. The Labute approximate surface area is 334 Å². The van der Waals surface area contributed by atoms with Gasteiger partial charge < -0.3 is 19.7 Å². The zero-order chi connectivity index (χ0) is 40.4. The van der Waals surface area contributed by atoms with E-state index in [9.17, 15) is 28.2 Å². The van der Waals surface area contributed by atoms with Crippen molar-refractivity contribution in [2.24, 2.45) is 29.1 Å². The third-order valence-corrected chi connectivity index (χ3v) is 13.7. The normalized spacial score (nSPS) is 31.9. The Kier molecular flexibility index (Phi) is 9.60. The summed E-state index contributed by atoms with van der Waals surface area (Å²) in [5.74, 6) is -3.87. The molecule has 4 aliphatic carbocycles. The first-order valence-corrected chi connectivity index (χ1v) is 21.3. The van der Waals surface area contributed by atoms with Crippen LogP contribution in [-0.4, -0.2) is 66.7 Å². The van der Waals surface area contributed by atoms with Crippen LogP contribution < -0.4 is 0 Å². The molecule has 57 heavy (non-hydrogen) atoms. The minimum absolute atomic E-state index is 0.0586. The van der Waals surface area contributed by atoms with Gasteiger partial charge in [0.25, 0.3) is 10.1 Å². The van der Waals surface area contributed by atoms with Gasteiger partial charge in [0.1, 0.15) is 11.2 Å². The molecule has 8 atom stereocenters. The van der Waals surface area contributed by atoms with E-state index in [1.54, 1.807) is 43.3 Å². The van der Waals surface area contributed by atoms with Crippen molar-refractivity contribution in [2.45, 2.75) is 56.0 Å². The van der Waals surface area contributed by atoms with Gasteiger partial charge in [-0.15, -0.1) is 0 Å². The molecule has 4 aliphatic rings. The van der Waals surface area contributed by atoms with Crippen LogP contribution in [0.3, 0.4) is 0 Å². The number of ketones is 1. The zero-order valence-electron chi connectivity index (χ0n) is 32.5. The van der Waals surface area contributed by atoms with E-state index in [1.807, 2.05) is 111 Å². The SMILES string of the molecule is CC1C=C2[C@](O)(CC(COC(c3ccccc3)(c3ccccc3)c3ccccc3)=C[C@H]3[C@@H]4C(C)(COS(C)(=O)=O)[C@]4(OC(=O)c4ccccc4)C[C@@H](C)[C@]23O)C1=O. The van der Waals surface area contributed by atoms with Crippen LogP contribution in [0.5, 0.6) is 0 Å². The molecule has 9 nitrogen and oxygen atoms in total. The molecule has 4 aromatic carbocycles. The van der Waals surface area contributed by atoms with E-state index < -0.39 is 73.4 Å². The summed E-state index contributed by atoms with van der Waals surface area (Å²) in [7, 11) is -3.92. The van der Waals surface area contributed by atoms with Gasteiger partial charge in [-0.1, -0.05) is 142 Å². The van der Waals surface area contributed by atoms with Gasteiger partial charge in [-0.05, 0) is 52.3 Å². The Morgan fingerprint density at radius 1 is 0.807 bits per heavy atom. The molecule has 2 N–H and O–H groups in total. The second kappa shape index (κ2) is 14.0. The quantitative estimate of drug-likeness (QED) is 0.0729. The third kappa shape index (κ3) is 6.15. The molecule has 0 saturated heterocycles. The van der Waals surface area contributed by atoms with Crippen LogP contribution in [0.1, 0.15) is 60.7 Å². The highest BCUT2D eigenvalue weighted by Gasteiger charge is 2.85. The molecule has 0 aromatic heterocycles. The average Bonchev–Trinajstić information content (AvgIpc) is 3.66. The standard InChI is InChI=1S/C47H48O9S/c1-31-25-39-44(50,41(31)48)28-33(29-54-47(35-19-11-6-12-20-35,36-21-13-7-14-22-36)37-23-15-8-16-24-37)26-38-40-43(3,30-55-57(4,52)53)45(40,27-32(2)46(38,39)51)56-42(49)34-17-9-5-10-18-34/h5-26,31-32,38,40,50-51H,27-30H2,1-4H3/t31?,32-,38+,40-,43?,44-,45+,46-/m1/s1. The fourth-order valence-electron chi connectivity index (χ4n) is 10.5. The first-order valence-electron chi connectivity index (χ1n) is 19.4. The summed E-state index contributed by atoms with van der Waals surface area (Å²) in [6.07, 6.45) is 4.53. The van der Waals surface area contributed by atoms with Crippen molar-refractivity contribution in [3.05, 3.63) is 167 Å². The van der Waals surface area contributed by atoms with Gasteiger partial charge in [0.05, 0.1) is 30.6 Å². The summed E-state index contributed by atoms with van der Waals surface area (Å²) in [4.78, 5) is 28.0. The predicted octanol–water partition coefficient (Wildman–Crippen LogP) is 6.80. The Morgan fingerprint density at radius 2 is 1.32 bits per heavy atom. The first kappa shape index (κ1) is 39.1. The van der Waals surface area contributed by atoms with Crippen molar-refractivity contribution in [1.82, 2.24) is 0 Å². The minimum atomic E-state index is -3.92. The highest BCUT2D eigenvalue weighted by Crippen LogP contribution is 2.77. The number of hydrogen-bond donors (Lipinski definition) is 2. The van der Waals surface area contributed by atoms with Gasteiger partial charge >= 0.3 is 5.97 Å². The van der Waals surface area contributed by atoms with Gasteiger partial charge in [0.2, 0.25) is 0 Å². The second-order valence-corrected chi connectivity index (χ2v) is 18.3. The fourth-order valence-corrected chi connectivity index (χ4v) is 10.9. The number of hydrogen-bond acceptors (Lipinski definition) is 9. The Bertz CT molecular complexity index is 2250. The number of fused-ring (bicyclic) bond motifs is 5. The largest absolute Gasteiger partial charge is 0.454 e. The van der Waals surface area contributed by atoms with Crippen molar-refractivity contribution < 1.29 is 41.9 Å². The van der Waals surface area contributed by atoms with Gasteiger partial charge in [-0.2, -0.15) is 8.42 Å². The maximum Gasteiger partial charge on any atom is 0.338 e. The van der Waals surface area contributed by atoms with E-state index >= 15 is 0 Å². The topological polar surface area (TPSA) is 136 Å². The number of carbonyl (C=O) groups is 2. The van der Waals surface area contributed by atoms with Crippen LogP contribution in [0.4, 0.5) is 0 Å². The summed E-state index contributed by atoms with van der Waals surface area (Å²) in [6.45, 7) is 4.99. The van der Waals surface area contributed by atoms with E-state index in [1.165, 1.54) is 0 Å². The third-order valence-electron chi connectivity index (χ3n) is 13.2. The molecule has 2 unspecified atom stereocenters. The van der Waals surface area contributed by atoms with Gasteiger partial charge in [-0.25, -0.2) is 4.79 Å². The van der Waals surface area contributed by atoms with Crippen molar-refractivity contribution in [1.29, 1.82) is 0 Å². The van der Waals surface area contributed by atoms with E-state index in [4.69, 9.17) is 13.7 Å². The number of aliphatic hydroxyl groups is 2. The first-order chi connectivity index (χ1) is 27.1. The van der Waals surface area contributed by atoms with E-state index in [-0.39, 0.29) is 31.6 Å². The molecule has 8 rings (SSSR count). The van der Waals surface area contributed by atoms with E-state index in [0.29, 0.717) is 11.1 Å². The molecular weight excluding hydrogens is 741 g/mol. The lowest BCUT2D eigenvalue weighted by atomic mass is 9.62. The van der Waals surface area contributed by atoms with Crippen LogP contribution in [0.25, 0.3) is 0 Å². The molecule has 2 fully saturated rings. The number of esters is 1. The lowest BCUT2D eigenvalue weighted by Gasteiger charge is -2.48. The van der Waals surface area contributed by atoms with Crippen LogP contribution in [0, 0.1) is 29.1 Å². The molecule has 0 heterocycles. The van der Waals surface area contributed by atoms with Crippen molar-refractivity contribution in [2.75, 3.05) is 19.5 Å². The highest BCUT2D eigenvalue weighted by molar-refractivity contribution is 7.86. The average molecular weight is 789 g/mol. The molecule has 0 spiro atoms. The minimum Gasteiger partial charge on any atom is -0.454 e. The van der Waals surface area contributed by atoms with Crippen LogP contribution in [0.15, 0.2) is 145 Å². The maximum absolute atomic E-state index is 14.1. The Morgan fingerprint density at radius 3 is 1.82 bits per heavy atom. The fraction of sp³-hybridized carbons (Fsp3) is 0.362. The van der Waals surface area contributed by atoms with Gasteiger partial charge in [-0.3, -0.25) is 8.98 Å². The van der Waals surface area contributed by atoms with Crippen molar-refractivity contribution >= 4 is 21.9 Å². The number of Topliss-reactive ketones (excluding diaryl/α,β-unsaturated/α-hetero) is 1. The number of allylic oxidation sites excluding steroid dienone is 1. The molecule has 4 aromatic rings. The molecule has 0 aliphatic heterocycles. The van der Waals surface area contributed by atoms with Crippen LogP contribution in [0.2, 0.25) is 0 Å². The van der Waals surface area contributed by atoms with Crippen molar-refractivity contribution in [3.8, 4) is 0 Å². The lowest BCUT2D eigenvalue weighted by Crippen LogP contribution is -2.57. The second-order valence-electron chi connectivity index (χ2n) is 16.6. The molecule has 0 amide bonds. The zero-order valence-corrected chi connectivity index (χ0v) is 33.3. The van der Waals surface area contributed by atoms with E-state index in [2.05, 4.69) is 0 Å². The monoisotopic (exact) mass is 788 g/mol. The number of benzene rings is 4. The van der Waals surface area contributed by atoms with Gasteiger partial charge in [0, 0.05) is 29.6 Å². The smallest absolute Gasteiger partial charge is 0.338 e. The molecule has 296 valence electrons. The Balaban J connectivity index is 1.28. The van der Waals surface area contributed by atoms with Crippen LogP contribution >= 0.6 is 0 Å². The number of carbonyl (C=O) groups excluding carboxylic acids is 2. The summed E-state index contributed by atoms with van der Waals surface area (Å²) in [5, 5.41) is 25.9. The molecule has 2 saturated carbocycles. The van der Waals surface area contributed by atoms with Gasteiger partial charge in [0.15, 0.2) is 11.4 Å². The summed E-state index contributed by atoms with van der Waals surface area (Å²) >= 11 is 0. The summed E-state index contributed by atoms with van der Waals surface area (Å²) in [5.41, 5.74) is -3.60. The lowest BCUT2D eigenvalue weighted by molar-refractivity contribution is -0.140. The van der Waals surface area contributed by atoms with E-state index in [0.717, 1.165) is 22.9 Å². The molecule has 0 bridgehead atoms. The molecule has 10 heteroatoms. The van der Waals surface area contributed by atoms with Crippen LogP contribution in [-0.2, 0) is 34.2 Å². The maximum atomic E-state index is 14.1.